The number of rotatable bonds is 7. The zero-order chi connectivity index (χ0) is 15.8. The van der Waals surface area contributed by atoms with Crippen molar-refractivity contribution in [2.75, 3.05) is 11.9 Å². The van der Waals surface area contributed by atoms with E-state index < -0.39 is 24.7 Å². The molecule has 1 atom stereocenters. The molecule has 0 bridgehead atoms. The van der Waals surface area contributed by atoms with Gasteiger partial charge in [-0.2, -0.15) is 8.78 Å². The molecule has 1 unspecified atom stereocenters. The van der Waals surface area contributed by atoms with Gasteiger partial charge < -0.3 is 25.6 Å². The first-order valence-corrected chi connectivity index (χ1v) is 5.89. The number of aliphatic hydroxyl groups excluding tert-OH is 1. The van der Waals surface area contributed by atoms with Gasteiger partial charge in [0.2, 0.25) is 0 Å². The molecular formula is C12H14F2N2O5. The third kappa shape index (κ3) is 6.04. The van der Waals surface area contributed by atoms with Crippen LogP contribution in [0.5, 0.6) is 5.75 Å². The quantitative estimate of drug-likeness (QED) is 0.606. The summed E-state index contributed by atoms with van der Waals surface area (Å²) >= 11 is 0. The lowest BCUT2D eigenvalue weighted by molar-refractivity contribution is -0.146. The number of urea groups is 1. The second kappa shape index (κ2) is 8.00. The van der Waals surface area contributed by atoms with Gasteiger partial charge in [-0.15, -0.1) is 0 Å². The molecule has 7 nitrogen and oxygen atoms in total. The van der Waals surface area contributed by atoms with Crippen LogP contribution in [0.4, 0.5) is 19.3 Å². The number of hydrogen-bond acceptors (Lipinski definition) is 4. The summed E-state index contributed by atoms with van der Waals surface area (Å²) in [6.45, 7) is -3.13. The number of carboxylic acid groups (broad SMARTS) is 1. The minimum absolute atomic E-state index is 0.0362. The summed E-state index contributed by atoms with van der Waals surface area (Å²) in [7, 11) is 0. The topological polar surface area (TPSA) is 108 Å². The number of carbonyl (C=O) groups is 2. The standard InChI is InChI=1S/C12H14F2N2O5/c13-11(14)21-9-4-2-1-3-7(9)16-12(20)15-6-5-8(17)10(18)19/h1-4,8,11,17H,5-6H2,(H,18,19)(H2,15,16,20). The van der Waals surface area contributed by atoms with Gasteiger partial charge in [-0.1, -0.05) is 12.1 Å². The van der Waals surface area contributed by atoms with E-state index >= 15 is 0 Å². The molecule has 9 heteroatoms. The number of ether oxygens (including phenoxy) is 1. The molecule has 1 aromatic rings. The second-order valence-electron chi connectivity index (χ2n) is 3.90. The first-order valence-electron chi connectivity index (χ1n) is 5.89. The predicted molar refractivity (Wildman–Crippen MR) is 68.4 cm³/mol. The first-order chi connectivity index (χ1) is 9.90. The monoisotopic (exact) mass is 304 g/mol. The molecule has 0 aromatic heterocycles. The highest BCUT2D eigenvalue weighted by molar-refractivity contribution is 5.90. The number of amides is 2. The molecule has 116 valence electrons. The van der Waals surface area contributed by atoms with Gasteiger partial charge in [0.15, 0.2) is 6.10 Å². The van der Waals surface area contributed by atoms with E-state index in [1.807, 2.05) is 0 Å². The Bertz CT molecular complexity index is 498. The number of halogens is 2. The second-order valence-corrected chi connectivity index (χ2v) is 3.90. The number of nitrogens with one attached hydrogen (secondary N) is 2. The van der Waals surface area contributed by atoms with Crippen molar-refractivity contribution in [3.63, 3.8) is 0 Å². The Hall–Kier alpha value is -2.42. The fourth-order valence-electron chi connectivity index (χ4n) is 1.38. The number of alkyl halides is 2. The van der Waals surface area contributed by atoms with Crippen molar-refractivity contribution in [3.8, 4) is 5.75 Å². The van der Waals surface area contributed by atoms with E-state index in [0.717, 1.165) is 0 Å². The van der Waals surface area contributed by atoms with Crippen molar-refractivity contribution in [1.82, 2.24) is 5.32 Å². The zero-order valence-corrected chi connectivity index (χ0v) is 10.8. The predicted octanol–water partition coefficient (Wildman–Crippen LogP) is 1.25. The van der Waals surface area contributed by atoms with Gasteiger partial charge in [0, 0.05) is 13.0 Å². The van der Waals surface area contributed by atoms with Crippen molar-refractivity contribution in [1.29, 1.82) is 0 Å². The highest BCUT2D eigenvalue weighted by Gasteiger charge is 2.14. The molecule has 2 amide bonds. The molecule has 0 aliphatic heterocycles. The summed E-state index contributed by atoms with van der Waals surface area (Å²) in [5.41, 5.74) is 0.0362. The molecule has 4 N–H and O–H groups in total. The fourth-order valence-corrected chi connectivity index (χ4v) is 1.38. The summed E-state index contributed by atoms with van der Waals surface area (Å²) in [5.74, 6) is -1.60. The number of aliphatic hydroxyl groups is 1. The maximum atomic E-state index is 12.2. The molecule has 0 aliphatic rings. The van der Waals surface area contributed by atoms with E-state index in [-0.39, 0.29) is 24.4 Å². The molecule has 0 saturated heterocycles. The first kappa shape index (κ1) is 16.6. The van der Waals surface area contributed by atoms with E-state index in [1.54, 1.807) is 0 Å². The van der Waals surface area contributed by atoms with Crippen LogP contribution in [0.1, 0.15) is 6.42 Å². The Balaban J connectivity index is 2.49. The van der Waals surface area contributed by atoms with E-state index in [2.05, 4.69) is 15.4 Å². The minimum atomic E-state index is -3.03. The van der Waals surface area contributed by atoms with Crippen LogP contribution in [0, 0.1) is 0 Å². The molecule has 21 heavy (non-hydrogen) atoms. The van der Waals surface area contributed by atoms with Crippen LogP contribution in [-0.4, -0.2) is 41.5 Å². The van der Waals surface area contributed by atoms with Crippen LogP contribution in [0.15, 0.2) is 24.3 Å². The molecule has 1 aromatic carbocycles. The fraction of sp³-hybridized carbons (Fsp3) is 0.333. The number of carbonyl (C=O) groups excluding carboxylic acids is 1. The van der Waals surface area contributed by atoms with Gasteiger partial charge in [-0.05, 0) is 12.1 Å². The molecule has 0 saturated carbocycles. The highest BCUT2D eigenvalue weighted by Crippen LogP contribution is 2.25. The van der Waals surface area contributed by atoms with Gasteiger partial charge in [0.05, 0.1) is 5.69 Å². The van der Waals surface area contributed by atoms with Crippen LogP contribution in [0.3, 0.4) is 0 Å². The van der Waals surface area contributed by atoms with Gasteiger partial charge in [-0.25, -0.2) is 9.59 Å². The number of benzene rings is 1. The number of aliphatic carboxylic acids is 1. The third-order valence-corrected chi connectivity index (χ3v) is 2.34. The SMILES string of the molecule is O=C(NCCC(O)C(=O)O)Nc1ccccc1OC(F)F. The average Bonchev–Trinajstić information content (AvgIpc) is 2.40. The van der Waals surface area contributed by atoms with Gasteiger partial charge in [-0.3, -0.25) is 0 Å². The Morgan fingerprint density at radius 2 is 1.95 bits per heavy atom. The molecule has 0 fully saturated rings. The van der Waals surface area contributed by atoms with Crippen molar-refractivity contribution in [2.24, 2.45) is 0 Å². The van der Waals surface area contributed by atoms with Crippen molar-refractivity contribution in [3.05, 3.63) is 24.3 Å². The van der Waals surface area contributed by atoms with Crippen LogP contribution < -0.4 is 15.4 Å². The normalized spacial score (nSPS) is 11.8. The van der Waals surface area contributed by atoms with E-state index in [1.165, 1.54) is 24.3 Å². The highest BCUT2D eigenvalue weighted by atomic mass is 19.3. The van der Waals surface area contributed by atoms with Crippen LogP contribution in [0.25, 0.3) is 0 Å². The Labute approximate surface area is 118 Å². The lowest BCUT2D eigenvalue weighted by Gasteiger charge is -2.12. The van der Waals surface area contributed by atoms with Gasteiger partial charge in [0.1, 0.15) is 5.75 Å². The summed E-state index contributed by atoms with van der Waals surface area (Å²) < 4.78 is 28.6. The number of carboxylic acids is 1. The number of para-hydroxylation sites is 2. The van der Waals surface area contributed by atoms with Gasteiger partial charge >= 0.3 is 18.6 Å². The van der Waals surface area contributed by atoms with E-state index in [4.69, 9.17) is 10.2 Å². The molecule has 0 aliphatic carbocycles. The van der Waals surface area contributed by atoms with Crippen molar-refractivity contribution >= 4 is 17.7 Å². The summed E-state index contributed by atoms with van der Waals surface area (Å²) in [5, 5.41) is 22.0. The number of hydrogen-bond donors (Lipinski definition) is 4. The Morgan fingerprint density at radius 1 is 1.29 bits per heavy atom. The summed E-state index contributed by atoms with van der Waals surface area (Å²) in [6.07, 6.45) is -1.77. The Kier molecular flexibility index (Phi) is 6.34. The van der Waals surface area contributed by atoms with Crippen molar-refractivity contribution < 1.29 is 33.3 Å². The van der Waals surface area contributed by atoms with Crippen LogP contribution in [-0.2, 0) is 4.79 Å². The van der Waals surface area contributed by atoms with E-state index in [9.17, 15) is 18.4 Å². The molecule has 0 spiro atoms. The average molecular weight is 304 g/mol. The van der Waals surface area contributed by atoms with Crippen molar-refractivity contribution in [2.45, 2.75) is 19.1 Å². The molecule has 1 rings (SSSR count). The smallest absolute Gasteiger partial charge is 0.387 e. The van der Waals surface area contributed by atoms with Crippen LogP contribution in [0.2, 0.25) is 0 Å². The third-order valence-electron chi connectivity index (χ3n) is 2.34. The lowest BCUT2D eigenvalue weighted by Crippen LogP contribution is -2.33. The van der Waals surface area contributed by atoms with E-state index in [0.29, 0.717) is 0 Å². The largest absolute Gasteiger partial charge is 0.479 e. The van der Waals surface area contributed by atoms with Crippen LogP contribution >= 0.6 is 0 Å². The lowest BCUT2D eigenvalue weighted by atomic mass is 10.2. The number of anilines is 1. The summed E-state index contributed by atoms with van der Waals surface area (Å²) in [4.78, 5) is 21.9. The minimum Gasteiger partial charge on any atom is -0.479 e. The maximum absolute atomic E-state index is 12.2. The zero-order valence-electron chi connectivity index (χ0n) is 10.8. The van der Waals surface area contributed by atoms with Gasteiger partial charge in [0.25, 0.3) is 0 Å². The molecule has 0 radical (unpaired) electrons. The summed E-state index contributed by atoms with van der Waals surface area (Å²) in [6, 6.07) is 4.86. The maximum Gasteiger partial charge on any atom is 0.387 e. The molecule has 0 heterocycles. The molecular weight excluding hydrogens is 290 g/mol. The Morgan fingerprint density at radius 3 is 2.57 bits per heavy atom.